The Morgan fingerprint density at radius 1 is 1.10 bits per heavy atom. The minimum atomic E-state index is -0.623. The molecule has 7 unspecified atom stereocenters. The average molecular weight is 557 g/mol. The molecule has 4 saturated carbocycles. The first-order valence-electron chi connectivity index (χ1n) is 16.1. The van der Waals surface area contributed by atoms with Crippen LogP contribution < -0.4 is 10.6 Å². The van der Waals surface area contributed by atoms with E-state index in [0.717, 1.165) is 64.3 Å². The van der Waals surface area contributed by atoms with Gasteiger partial charge in [0.2, 0.25) is 5.91 Å². The number of esters is 1. The van der Waals surface area contributed by atoms with Crippen molar-refractivity contribution in [2.45, 2.75) is 124 Å². The summed E-state index contributed by atoms with van der Waals surface area (Å²) in [4.78, 5) is 53.0. The molecule has 4 aliphatic carbocycles. The Kier molecular flexibility index (Phi) is 8.28. The Morgan fingerprint density at radius 3 is 2.50 bits per heavy atom. The first kappa shape index (κ1) is 29.7. The molecule has 5 aliphatic rings. The van der Waals surface area contributed by atoms with Gasteiger partial charge in [0.25, 0.3) is 0 Å². The molecule has 0 aromatic rings. The second kappa shape index (κ2) is 11.1. The lowest BCUT2D eigenvalue weighted by atomic mass is 9.41. The number of carbonyl (C=O) groups is 4. The van der Waals surface area contributed by atoms with E-state index in [1.165, 1.54) is 6.92 Å². The molecule has 1 aliphatic heterocycles. The highest BCUT2D eigenvalue weighted by atomic mass is 16.5. The summed E-state index contributed by atoms with van der Waals surface area (Å²) in [5.41, 5.74) is -0.716. The predicted molar refractivity (Wildman–Crippen MR) is 153 cm³/mol. The van der Waals surface area contributed by atoms with Crippen molar-refractivity contribution in [1.29, 1.82) is 0 Å². The summed E-state index contributed by atoms with van der Waals surface area (Å²) in [5.74, 6) is 1.47. The lowest BCUT2D eigenvalue weighted by Crippen LogP contribution is -2.70. The topological polar surface area (TPSA) is 102 Å². The Morgan fingerprint density at radius 2 is 1.85 bits per heavy atom. The van der Waals surface area contributed by atoms with Crippen molar-refractivity contribution in [3.63, 3.8) is 0 Å². The molecule has 0 radical (unpaired) electrons. The van der Waals surface area contributed by atoms with Gasteiger partial charge in [-0.05, 0) is 106 Å². The molecule has 1 saturated heterocycles. The Balaban J connectivity index is 1.58. The van der Waals surface area contributed by atoms with E-state index < -0.39 is 11.5 Å². The number of fused-ring (bicyclic) bond motifs is 5. The maximum absolute atomic E-state index is 15.0. The molecule has 5 rings (SSSR count). The van der Waals surface area contributed by atoms with Crippen LogP contribution in [0.15, 0.2) is 0 Å². The number of rotatable bonds is 7. The molecule has 0 aromatic heterocycles. The van der Waals surface area contributed by atoms with Crippen LogP contribution in [0.5, 0.6) is 0 Å². The van der Waals surface area contributed by atoms with E-state index in [4.69, 9.17) is 4.74 Å². The number of nitrogens with one attached hydrogen (secondary N) is 2. The summed E-state index contributed by atoms with van der Waals surface area (Å²) < 4.78 is 6.19. The van der Waals surface area contributed by atoms with Gasteiger partial charge < -0.3 is 20.2 Å². The van der Waals surface area contributed by atoms with Crippen LogP contribution in [0.4, 0.5) is 0 Å². The number of ketones is 2. The van der Waals surface area contributed by atoms with E-state index in [9.17, 15) is 19.2 Å². The first-order valence-corrected chi connectivity index (χ1v) is 16.1. The fourth-order valence-corrected chi connectivity index (χ4v) is 10.5. The van der Waals surface area contributed by atoms with Crippen LogP contribution >= 0.6 is 0 Å². The highest BCUT2D eigenvalue weighted by molar-refractivity contribution is 5.96. The second-order valence-electron chi connectivity index (χ2n) is 14.9. The van der Waals surface area contributed by atoms with E-state index in [-0.39, 0.29) is 70.6 Å². The lowest BCUT2D eigenvalue weighted by Gasteiger charge is -2.64. The van der Waals surface area contributed by atoms with Gasteiger partial charge in [-0.3, -0.25) is 14.4 Å². The summed E-state index contributed by atoms with van der Waals surface area (Å²) in [6.07, 6.45) is 8.76. The number of amides is 1. The van der Waals surface area contributed by atoms with Gasteiger partial charge in [0.15, 0.2) is 5.78 Å². The third kappa shape index (κ3) is 4.96. The lowest BCUT2D eigenvalue weighted by molar-refractivity contribution is -0.199. The van der Waals surface area contributed by atoms with Crippen molar-refractivity contribution in [1.82, 2.24) is 10.6 Å². The fourth-order valence-electron chi connectivity index (χ4n) is 10.5. The zero-order valence-corrected chi connectivity index (χ0v) is 25.6. The normalized spacial score (nSPS) is 45.1. The smallest absolute Gasteiger partial charge is 0.302 e. The van der Waals surface area contributed by atoms with Crippen LogP contribution in [0.25, 0.3) is 0 Å². The van der Waals surface area contributed by atoms with Crippen LogP contribution in [0.1, 0.15) is 106 Å². The summed E-state index contributed by atoms with van der Waals surface area (Å²) in [6.45, 7) is 13.0. The van der Waals surface area contributed by atoms with Gasteiger partial charge >= 0.3 is 5.97 Å². The molecule has 0 spiro atoms. The highest BCUT2D eigenvalue weighted by Gasteiger charge is 2.70. The van der Waals surface area contributed by atoms with Gasteiger partial charge in [0.05, 0.1) is 12.1 Å². The third-order valence-electron chi connectivity index (χ3n) is 12.5. The Labute approximate surface area is 240 Å². The van der Waals surface area contributed by atoms with E-state index in [2.05, 4.69) is 38.3 Å². The summed E-state index contributed by atoms with van der Waals surface area (Å²) in [5, 5.41) is 6.68. The van der Waals surface area contributed by atoms with Gasteiger partial charge in [-0.25, -0.2) is 0 Å². The molecule has 1 heterocycles. The molecule has 0 bridgehead atoms. The predicted octanol–water partition coefficient (Wildman–Crippen LogP) is 4.85. The van der Waals surface area contributed by atoms with E-state index in [1.807, 2.05) is 0 Å². The van der Waals surface area contributed by atoms with Crippen molar-refractivity contribution in [3.05, 3.63) is 0 Å². The highest BCUT2D eigenvalue weighted by Crippen LogP contribution is 2.68. The molecule has 7 heteroatoms. The zero-order valence-electron chi connectivity index (χ0n) is 25.6. The van der Waals surface area contributed by atoms with Crippen LogP contribution in [-0.2, 0) is 23.9 Å². The van der Waals surface area contributed by atoms with Crippen molar-refractivity contribution < 1.29 is 23.9 Å². The Bertz CT molecular complexity index is 1020. The third-order valence-corrected chi connectivity index (χ3v) is 12.5. The molecular formula is C33H52N2O5. The SMILES string of the molecule is CC(=O)CC[C@@H](C)C1CCC2C3C(OC(C)=O)C[C@@H]4C[C@H](C)CC[C@]4(C)C3C(NC(=O)C3CCCN3)C(=O)[C@@]21C. The molecule has 0 aromatic carbocycles. The number of ether oxygens (including phenoxy) is 1. The standard InChI is InChI=1S/C33H52N2O5/c1-18-13-14-32(5)22(16-18)17-26(40-21(4)37)27-24-12-11-23(19(2)9-10-20(3)36)33(24,6)30(38)29(28(27)32)35-31(39)25-8-7-15-34-25/h18-19,22-29,34H,7-17H2,1-6H3,(H,35,39)/t18-,19-,22+,23?,24?,25?,26?,27?,28?,29?,32+,33-/m1/s1. The molecular weight excluding hydrogens is 504 g/mol. The molecule has 40 heavy (non-hydrogen) atoms. The van der Waals surface area contributed by atoms with Crippen LogP contribution in [0.3, 0.4) is 0 Å². The van der Waals surface area contributed by atoms with Gasteiger partial charge in [-0.2, -0.15) is 0 Å². The van der Waals surface area contributed by atoms with Crippen molar-refractivity contribution in [2.24, 2.45) is 52.3 Å². The number of carbonyl (C=O) groups excluding carboxylic acids is 4. The molecule has 2 N–H and O–H groups in total. The van der Waals surface area contributed by atoms with Crippen LogP contribution in [-0.4, -0.2) is 48.2 Å². The van der Waals surface area contributed by atoms with Gasteiger partial charge in [-0.1, -0.05) is 34.1 Å². The first-order chi connectivity index (χ1) is 18.9. The number of hydrogen-bond donors (Lipinski definition) is 2. The van der Waals surface area contributed by atoms with Gasteiger partial charge in [0.1, 0.15) is 11.9 Å². The van der Waals surface area contributed by atoms with E-state index in [0.29, 0.717) is 18.3 Å². The zero-order chi connectivity index (χ0) is 29.0. The fraction of sp³-hybridized carbons (Fsp3) is 0.879. The minimum absolute atomic E-state index is 0.0353. The second-order valence-corrected chi connectivity index (χ2v) is 14.9. The van der Waals surface area contributed by atoms with Crippen LogP contribution in [0, 0.1) is 52.3 Å². The van der Waals surface area contributed by atoms with E-state index in [1.54, 1.807) is 6.92 Å². The van der Waals surface area contributed by atoms with E-state index >= 15 is 0 Å². The van der Waals surface area contributed by atoms with Gasteiger partial charge in [-0.15, -0.1) is 0 Å². The van der Waals surface area contributed by atoms with Crippen LogP contribution in [0.2, 0.25) is 0 Å². The maximum atomic E-state index is 15.0. The molecule has 12 atom stereocenters. The quantitative estimate of drug-likeness (QED) is 0.435. The largest absolute Gasteiger partial charge is 0.462 e. The maximum Gasteiger partial charge on any atom is 0.302 e. The Hall–Kier alpha value is -1.76. The molecule has 224 valence electrons. The molecule has 7 nitrogen and oxygen atoms in total. The summed E-state index contributed by atoms with van der Waals surface area (Å²) in [6, 6.07) is -0.838. The van der Waals surface area contributed by atoms with Gasteiger partial charge in [0, 0.05) is 24.7 Å². The van der Waals surface area contributed by atoms with Crippen molar-refractivity contribution >= 4 is 23.4 Å². The minimum Gasteiger partial charge on any atom is -0.462 e. The molecule has 1 amide bonds. The number of Topliss-reactive ketones (excluding diaryl/α,β-unsaturated/α-hetero) is 2. The average Bonchev–Trinajstić information content (AvgIpc) is 3.54. The molecule has 5 fully saturated rings. The summed E-state index contributed by atoms with van der Waals surface area (Å²) >= 11 is 0. The van der Waals surface area contributed by atoms with Crippen molar-refractivity contribution in [2.75, 3.05) is 6.54 Å². The summed E-state index contributed by atoms with van der Waals surface area (Å²) in [7, 11) is 0. The van der Waals surface area contributed by atoms with Crippen molar-refractivity contribution in [3.8, 4) is 0 Å². The number of hydrogen-bond acceptors (Lipinski definition) is 6. The monoisotopic (exact) mass is 556 g/mol.